The smallest absolute Gasteiger partial charge is 0.248 e. The van der Waals surface area contributed by atoms with Crippen LogP contribution in [-0.4, -0.2) is 81.2 Å². The number of nitrogens with one attached hydrogen (secondary N) is 1. The van der Waals surface area contributed by atoms with E-state index in [1.165, 1.54) is 6.07 Å². The first kappa shape index (κ1) is 30.5. The van der Waals surface area contributed by atoms with Crippen molar-refractivity contribution in [2.45, 2.75) is 38.3 Å². The summed E-state index contributed by atoms with van der Waals surface area (Å²) < 4.78 is 45.0. The van der Waals surface area contributed by atoms with Crippen molar-refractivity contribution in [1.29, 1.82) is 0 Å². The van der Waals surface area contributed by atoms with Gasteiger partial charge in [0.25, 0.3) is 0 Å². The topological polar surface area (TPSA) is 101 Å². The van der Waals surface area contributed by atoms with Crippen molar-refractivity contribution in [2.24, 2.45) is 0 Å². The Morgan fingerprint density at radius 2 is 1.88 bits per heavy atom. The van der Waals surface area contributed by atoms with Gasteiger partial charge in [-0.3, -0.25) is 4.79 Å². The van der Waals surface area contributed by atoms with Crippen LogP contribution in [0.15, 0.2) is 59.4 Å². The molecule has 2 heterocycles. The number of unbranched alkanes of at least 4 members (excludes halogenated alkanes) is 1. The SMILES string of the molecule is COCOC1CCN(CCN(Cc2ccccc2Cl)S(=O)(=O)CCCCOc2ccc3[nH]c(=O)ccc3c2)CC1. The number of pyridine rings is 1. The molecule has 4 rings (SSSR count). The molecule has 11 heteroatoms. The summed E-state index contributed by atoms with van der Waals surface area (Å²) in [5.41, 5.74) is 1.39. The molecular formula is C29H38ClN3O6S. The highest BCUT2D eigenvalue weighted by molar-refractivity contribution is 7.89. The molecule has 1 fully saturated rings. The molecule has 0 spiro atoms. The molecule has 0 radical (unpaired) electrons. The minimum Gasteiger partial charge on any atom is -0.494 e. The van der Waals surface area contributed by atoms with E-state index < -0.39 is 10.0 Å². The van der Waals surface area contributed by atoms with E-state index in [9.17, 15) is 13.2 Å². The Labute approximate surface area is 241 Å². The molecule has 0 aliphatic carbocycles. The molecule has 0 unspecified atom stereocenters. The number of sulfonamides is 1. The van der Waals surface area contributed by atoms with E-state index in [1.807, 2.05) is 24.3 Å². The van der Waals surface area contributed by atoms with Gasteiger partial charge in [-0.15, -0.1) is 0 Å². The van der Waals surface area contributed by atoms with Gasteiger partial charge in [-0.1, -0.05) is 29.8 Å². The summed E-state index contributed by atoms with van der Waals surface area (Å²) in [6, 6.07) is 16.1. The van der Waals surface area contributed by atoms with Crippen molar-refractivity contribution in [3.8, 4) is 5.75 Å². The maximum absolute atomic E-state index is 13.5. The average Bonchev–Trinajstić information content (AvgIpc) is 2.95. The lowest BCUT2D eigenvalue weighted by atomic mass is 10.1. The molecule has 1 aliphatic heterocycles. The largest absolute Gasteiger partial charge is 0.494 e. The van der Waals surface area contributed by atoms with Crippen molar-refractivity contribution in [1.82, 2.24) is 14.2 Å². The Hall–Kier alpha value is -2.47. The number of piperidine rings is 1. The van der Waals surface area contributed by atoms with E-state index in [4.69, 9.17) is 25.8 Å². The minimum absolute atomic E-state index is 0.0344. The van der Waals surface area contributed by atoms with E-state index in [1.54, 1.807) is 35.7 Å². The van der Waals surface area contributed by atoms with Crippen molar-refractivity contribution in [3.05, 3.63) is 75.5 Å². The first-order valence-corrected chi connectivity index (χ1v) is 15.6. The van der Waals surface area contributed by atoms with Crippen LogP contribution in [0.2, 0.25) is 5.02 Å². The van der Waals surface area contributed by atoms with Gasteiger partial charge >= 0.3 is 0 Å². The first-order valence-electron chi connectivity index (χ1n) is 13.6. The van der Waals surface area contributed by atoms with Crippen LogP contribution < -0.4 is 10.3 Å². The van der Waals surface area contributed by atoms with Gasteiger partial charge < -0.3 is 24.1 Å². The molecule has 0 atom stereocenters. The Bertz CT molecular complexity index is 1390. The summed E-state index contributed by atoms with van der Waals surface area (Å²) in [6.45, 7) is 3.70. The molecule has 0 amide bonds. The number of rotatable bonds is 15. The van der Waals surface area contributed by atoms with Gasteiger partial charge in [0.05, 0.1) is 18.5 Å². The van der Waals surface area contributed by atoms with Crippen LogP contribution in [0.5, 0.6) is 5.75 Å². The molecule has 0 bridgehead atoms. The molecule has 40 heavy (non-hydrogen) atoms. The lowest BCUT2D eigenvalue weighted by Gasteiger charge is -2.33. The monoisotopic (exact) mass is 591 g/mol. The van der Waals surface area contributed by atoms with Crippen LogP contribution in [0.3, 0.4) is 0 Å². The molecule has 1 aromatic heterocycles. The number of likely N-dealkylation sites (tertiary alicyclic amines) is 1. The van der Waals surface area contributed by atoms with E-state index >= 15 is 0 Å². The Kier molecular flexibility index (Phi) is 11.4. The summed E-state index contributed by atoms with van der Waals surface area (Å²) in [4.78, 5) is 16.5. The van der Waals surface area contributed by atoms with Crippen LogP contribution >= 0.6 is 11.6 Å². The highest BCUT2D eigenvalue weighted by atomic mass is 35.5. The molecule has 1 aliphatic rings. The standard InChI is InChI=1S/C29H38ClN3O6S/c1-37-22-39-25-12-14-32(15-13-25)16-17-33(21-24-6-2-3-7-27(24)30)40(35,36)19-5-4-18-38-26-9-10-28-23(20-26)8-11-29(34)31-28/h2-3,6-11,20,25H,4-5,12-19,21-22H2,1H3,(H,31,34). The van der Waals surface area contributed by atoms with Crippen molar-refractivity contribution >= 4 is 32.5 Å². The number of benzene rings is 2. The van der Waals surface area contributed by atoms with Crippen molar-refractivity contribution in [3.63, 3.8) is 0 Å². The van der Waals surface area contributed by atoms with Gasteiger partial charge in [-0.25, -0.2) is 8.42 Å². The summed E-state index contributed by atoms with van der Waals surface area (Å²) in [6.07, 6.45) is 3.05. The maximum Gasteiger partial charge on any atom is 0.248 e. The Morgan fingerprint density at radius 3 is 2.65 bits per heavy atom. The number of methoxy groups -OCH3 is 1. The third-order valence-electron chi connectivity index (χ3n) is 7.08. The quantitative estimate of drug-likeness (QED) is 0.208. The van der Waals surface area contributed by atoms with Crippen LogP contribution in [-0.2, 0) is 26.0 Å². The van der Waals surface area contributed by atoms with Gasteiger partial charge in [-0.2, -0.15) is 4.31 Å². The second kappa shape index (κ2) is 15.0. The fraction of sp³-hybridized carbons (Fsp3) is 0.483. The van der Waals surface area contributed by atoms with Gasteiger partial charge in [0.1, 0.15) is 12.5 Å². The van der Waals surface area contributed by atoms with Crippen LogP contribution in [0.1, 0.15) is 31.2 Å². The zero-order valence-electron chi connectivity index (χ0n) is 22.9. The van der Waals surface area contributed by atoms with E-state index in [0.717, 1.165) is 42.4 Å². The summed E-state index contributed by atoms with van der Waals surface area (Å²) in [7, 11) is -1.90. The van der Waals surface area contributed by atoms with Crippen molar-refractivity contribution in [2.75, 3.05) is 52.4 Å². The highest BCUT2D eigenvalue weighted by Crippen LogP contribution is 2.21. The number of ether oxygens (including phenoxy) is 3. The number of nitrogens with zero attached hydrogens (tertiary/aromatic N) is 2. The van der Waals surface area contributed by atoms with Gasteiger partial charge in [0, 0.05) is 61.8 Å². The maximum atomic E-state index is 13.5. The number of aromatic amines is 1. The molecule has 9 nitrogen and oxygen atoms in total. The summed E-state index contributed by atoms with van der Waals surface area (Å²) in [5.74, 6) is 0.714. The number of hydrogen-bond donors (Lipinski definition) is 1. The van der Waals surface area contributed by atoms with Gasteiger partial charge in [0.15, 0.2) is 0 Å². The molecule has 218 valence electrons. The van der Waals surface area contributed by atoms with Crippen LogP contribution in [0.4, 0.5) is 0 Å². The predicted molar refractivity (Wildman–Crippen MR) is 157 cm³/mol. The van der Waals surface area contributed by atoms with E-state index in [-0.39, 0.29) is 24.0 Å². The predicted octanol–water partition coefficient (Wildman–Crippen LogP) is 4.26. The fourth-order valence-corrected chi connectivity index (χ4v) is 6.50. The first-order chi connectivity index (χ1) is 19.3. The lowest BCUT2D eigenvalue weighted by molar-refractivity contribution is -0.0886. The molecule has 3 aromatic rings. The van der Waals surface area contributed by atoms with Crippen LogP contribution in [0.25, 0.3) is 10.9 Å². The summed E-state index contributed by atoms with van der Waals surface area (Å²) >= 11 is 6.38. The lowest BCUT2D eigenvalue weighted by Crippen LogP contribution is -2.43. The molecule has 0 saturated carbocycles. The van der Waals surface area contributed by atoms with Crippen LogP contribution in [0, 0.1) is 0 Å². The Balaban J connectivity index is 1.29. The average molecular weight is 592 g/mol. The second-order valence-electron chi connectivity index (χ2n) is 9.98. The molecule has 1 N–H and O–H groups in total. The third-order valence-corrected chi connectivity index (χ3v) is 9.35. The van der Waals surface area contributed by atoms with Gasteiger partial charge in [-0.05, 0) is 61.6 Å². The zero-order valence-corrected chi connectivity index (χ0v) is 24.5. The number of aromatic nitrogens is 1. The van der Waals surface area contributed by atoms with Gasteiger partial charge in [0.2, 0.25) is 15.6 Å². The van der Waals surface area contributed by atoms with E-state index in [2.05, 4.69) is 9.88 Å². The normalized spacial score (nSPS) is 15.2. The second-order valence-corrected chi connectivity index (χ2v) is 12.5. The fourth-order valence-electron chi connectivity index (χ4n) is 4.78. The Morgan fingerprint density at radius 1 is 1.07 bits per heavy atom. The third kappa shape index (κ3) is 9.02. The number of H-pyrrole nitrogens is 1. The van der Waals surface area contributed by atoms with E-state index in [0.29, 0.717) is 50.1 Å². The molecular weight excluding hydrogens is 554 g/mol. The van der Waals surface area contributed by atoms with Crippen molar-refractivity contribution < 1.29 is 22.6 Å². The molecule has 1 saturated heterocycles. The number of fused-ring (bicyclic) bond motifs is 1. The number of halogens is 1. The number of hydrogen-bond acceptors (Lipinski definition) is 7. The minimum atomic E-state index is -3.52. The zero-order chi connectivity index (χ0) is 28.4. The molecule has 2 aromatic carbocycles. The summed E-state index contributed by atoms with van der Waals surface area (Å²) in [5, 5.41) is 1.44. The highest BCUT2D eigenvalue weighted by Gasteiger charge is 2.25.